The van der Waals surface area contributed by atoms with Crippen LogP contribution >= 0.6 is 0 Å². The van der Waals surface area contributed by atoms with E-state index >= 15 is 0 Å². The highest BCUT2D eigenvalue weighted by atomic mass is 16.5. The maximum absolute atomic E-state index is 11.2. The van der Waals surface area contributed by atoms with E-state index in [2.05, 4.69) is 10.7 Å². The van der Waals surface area contributed by atoms with Crippen LogP contribution in [0.15, 0.2) is 18.2 Å². The Morgan fingerprint density at radius 2 is 2.12 bits per heavy atom. The smallest absolute Gasteiger partial charge is 0.336 e. The highest BCUT2D eigenvalue weighted by Crippen LogP contribution is 2.25. The van der Waals surface area contributed by atoms with Gasteiger partial charge >= 0.3 is 5.97 Å². The lowest BCUT2D eigenvalue weighted by Crippen LogP contribution is -2.25. The fourth-order valence-corrected chi connectivity index (χ4v) is 1.21. The molecule has 5 nitrogen and oxygen atoms in total. The van der Waals surface area contributed by atoms with E-state index in [4.69, 9.17) is 11.5 Å². The molecule has 0 aliphatic carbocycles. The number of carbonyl (C=O) groups excluding carboxylic acids is 1. The summed E-state index contributed by atoms with van der Waals surface area (Å²) in [4.78, 5) is 11.2. The Morgan fingerprint density at radius 3 is 2.71 bits per heavy atom. The van der Waals surface area contributed by atoms with Gasteiger partial charge in [-0.1, -0.05) is 12.0 Å². The second kappa shape index (κ2) is 5.77. The van der Waals surface area contributed by atoms with Gasteiger partial charge in [0.05, 0.1) is 0 Å². The number of aromatic hydroxyl groups is 2. The number of aliphatic hydroxyl groups is 1. The summed E-state index contributed by atoms with van der Waals surface area (Å²) in [7, 11) is 0. The van der Waals surface area contributed by atoms with Crippen molar-refractivity contribution in [2.24, 2.45) is 0 Å². The summed E-state index contributed by atoms with van der Waals surface area (Å²) >= 11 is 0. The van der Waals surface area contributed by atoms with Gasteiger partial charge in [0, 0.05) is 6.42 Å². The first kappa shape index (κ1) is 12.9. The predicted molar refractivity (Wildman–Crippen MR) is 59.3 cm³/mol. The first-order chi connectivity index (χ1) is 8.04. The summed E-state index contributed by atoms with van der Waals surface area (Å²) in [5.41, 5.74) is 0.491. The molecule has 0 aliphatic heterocycles. The minimum absolute atomic E-state index is 0.0305. The summed E-state index contributed by atoms with van der Waals surface area (Å²) in [6.45, 7) is -0.198. The Balaban J connectivity index is 2.62. The molecule has 0 aromatic heterocycles. The van der Waals surface area contributed by atoms with Gasteiger partial charge in [-0.3, -0.25) is 0 Å². The number of rotatable bonds is 4. The number of esters is 1. The molecule has 0 unspecified atom stereocenters. The zero-order chi connectivity index (χ0) is 12.8. The number of hydrogen-bond donors (Lipinski definition) is 3. The second-order valence-corrected chi connectivity index (χ2v) is 3.35. The van der Waals surface area contributed by atoms with Gasteiger partial charge < -0.3 is 20.1 Å². The molecule has 1 rings (SSSR count). The number of carbonyl (C=O) groups is 1. The van der Waals surface area contributed by atoms with E-state index < -0.39 is 12.1 Å². The Labute approximate surface area is 98.3 Å². The molecule has 0 heterocycles. The average molecular weight is 236 g/mol. The molecule has 0 saturated heterocycles. The van der Waals surface area contributed by atoms with E-state index in [1.807, 2.05) is 0 Å². The summed E-state index contributed by atoms with van der Waals surface area (Å²) in [6, 6.07) is 4.00. The van der Waals surface area contributed by atoms with Gasteiger partial charge in [0.2, 0.25) is 0 Å². The lowest BCUT2D eigenvalue weighted by molar-refractivity contribution is -0.151. The molecule has 1 aromatic carbocycles. The molecule has 0 aliphatic rings. The first-order valence-electron chi connectivity index (χ1n) is 4.83. The molecule has 0 saturated carbocycles. The fraction of sp³-hybridized carbons (Fsp3) is 0.250. The number of phenols is 2. The molecule has 0 fully saturated rings. The molecule has 0 amide bonds. The van der Waals surface area contributed by atoms with Crippen LogP contribution in [0.3, 0.4) is 0 Å². The van der Waals surface area contributed by atoms with Crippen LogP contribution in [0, 0.1) is 12.3 Å². The monoisotopic (exact) mass is 236 g/mol. The summed E-state index contributed by atoms with van der Waals surface area (Å²) in [5.74, 6) is 0.704. The molecule has 17 heavy (non-hydrogen) atoms. The number of aliphatic hydroxyl groups excluding tert-OH is 1. The van der Waals surface area contributed by atoms with Crippen LogP contribution < -0.4 is 0 Å². The summed E-state index contributed by atoms with van der Waals surface area (Å²) < 4.78 is 4.54. The van der Waals surface area contributed by atoms with Gasteiger partial charge in [-0.25, -0.2) is 4.79 Å². The van der Waals surface area contributed by atoms with Crippen molar-refractivity contribution in [3.8, 4) is 23.8 Å². The van der Waals surface area contributed by atoms with E-state index in [0.29, 0.717) is 5.56 Å². The van der Waals surface area contributed by atoms with Gasteiger partial charge in [-0.2, -0.15) is 0 Å². The molecular formula is C12H12O5. The van der Waals surface area contributed by atoms with Crippen molar-refractivity contribution in [2.45, 2.75) is 12.5 Å². The molecule has 0 bridgehead atoms. The van der Waals surface area contributed by atoms with Gasteiger partial charge in [-0.15, -0.1) is 6.42 Å². The minimum atomic E-state index is -1.35. The second-order valence-electron chi connectivity index (χ2n) is 3.35. The van der Waals surface area contributed by atoms with Crippen LogP contribution in [-0.2, 0) is 16.0 Å². The summed E-state index contributed by atoms with van der Waals surface area (Å²) in [6.07, 6.45) is 3.51. The third-order valence-corrected chi connectivity index (χ3v) is 2.04. The number of hydrogen-bond acceptors (Lipinski definition) is 5. The van der Waals surface area contributed by atoms with Crippen LogP contribution in [0.2, 0.25) is 0 Å². The van der Waals surface area contributed by atoms with Gasteiger partial charge in [0.15, 0.2) is 24.2 Å². The van der Waals surface area contributed by atoms with Crippen molar-refractivity contribution in [1.29, 1.82) is 0 Å². The van der Waals surface area contributed by atoms with Crippen molar-refractivity contribution in [1.82, 2.24) is 0 Å². The van der Waals surface area contributed by atoms with Crippen LogP contribution in [0.5, 0.6) is 11.5 Å². The lowest BCUT2D eigenvalue weighted by atomic mass is 10.1. The molecule has 5 heteroatoms. The molecule has 1 atom stereocenters. The Hall–Kier alpha value is -2.19. The van der Waals surface area contributed by atoms with Crippen molar-refractivity contribution in [3.63, 3.8) is 0 Å². The highest BCUT2D eigenvalue weighted by molar-refractivity contribution is 5.75. The van der Waals surface area contributed by atoms with Crippen molar-refractivity contribution < 1.29 is 24.9 Å². The van der Waals surface area contributed by atoms with Crippen molar-refractivity contribution in [3.05, 3.63) is 23.8 Å². The number of phenolic OH excluding ortho intramolecular Hbond substituents is 2. The van der Waals surface area contributed by atoms with E-state index in [9.17, 15) is 15.0 Å². The fourth-order valence-electron chi connectivity index (χ4n) is 1.21. The molecule has 0 radical (unpaired) electrons. The average Bonchev–Trinajstić information content (AvgIpc) is 2.30. The van der Waals surface area contributed by atoms with Crippen molar-refractivity contribution >= 4 is 5.97 Å². The van der Waals surface area contributed by atoms with E-state index in [1.54, 1.807) is 0 Å². The third kappa shape index (κ3) is 3.70. The zero-order valence-corrected chi connectivity index (χ0v) is 8.96. The Kier molecular flexibility index (Phi) is 4.37. The van der Waals surface area contributed by atoms with Gasteiger partial charge in [0.25, 0.3) is 0 Å². The van der Waals surface area contributed by atoms with E-state index in [0.717, 1.165) is 0 Å². The standard InChI is InChI=1S/C12H12O5/c1-2-5-17-12(16)11(15)7-8-3-4-9(13)10(14)6-8/h1,3-4,6,11,13-15H,5,7H2/t11-/m1/s1. The zero-order valence-electron chi connectivity index (χ0n) is 8.96. The van der Waals surface area contributed by atoms with Crippen LogP contribution in [-0.4, -0.2) is 34.0 Å². The Bertz CT molecular complexity index is 447. The SMILES string of the molecule is C#CCOC(=O)[C@H](O)Cc1ccc(O)c(O)c1. The molecule has 90 valence electrons. The maximum Gasteiger partial charge on any atom is 0.336 e. The van der Waals surface area contributed by atoms with Gasteiger partial charge in [0.1, 0.15) is 0 Å². The molecular weight excluding hydrogens is 224 g/mol. The highest BCUT2D eigenvalue weighted by Gasteiger charge is 2.17. The van der Waals surface area contributed by atoms with Crippen LogP contribution in [0.25, 0.3) is 0 Å². The quantitative estimate of drug-likeness (QED) is 0.394. The lowest BCUT2D eigenvalue weighted by Gasteiger charge is -2.09. The number of ether oxygens (including phenoxy) is 1. The third-order valence-electron chi connectivity index (χ3n) is 2.04. The topological polar surface area (TPSA) is 87.0 Å². The van der Waals surface area contributed by atoms with Crippen LogP contribution in [0.4, 0.5) is 0 Å². The predicted octanol–water partition coefficient (Wildman–Crippen LogP) is 0.178. The minimum Gasteiger partial charge on any atom is -0.504 e. The number of benzene rings is 1. The molecule has 0 spiro atoms. The van der Waals surface area contributed by atoms with E-state index in [1.165, 1.54) is 18.2 Å². The van der Waals surface area contributed by atoms with Crippen molar-refractivity contribution in [2.75, 3.05) is 6.61 Å². The number of terminal acetylenes is 1. The maximum atomic E-state index is 11.2. The molecule has 3 N–H and O–H groups in total. The summed E-state index contributed by atoms with van der Waals surface area (Å²) in [5, 5.41) is 27.8. The van der Waals surface area contributed by atoms with Crippen LogP contribution in [0.1, 0.15) is 5.56 Å². The van der Waals surface area contributed by atoms with Gasteiger partial charge in [-0.05, 0) is 17.7 Å². The molecule has 1 aromatic rings. The first-order valence-corrected chi connectivity index (χ1v) is 4.83. The van der Waals surface area contributed by atoms with E-state index in [-0.39, 0.29) is 24.5 Å². The Morgan fingerprint density at radius 1 is 1.41 bits per heavy atom. The largest absolute Gasteiger partial charge is 0.504 e. The normalized spacial score (nSPS) is 11.5.